The number of rotatable bonds is 1. The van der Waals surface area contributed by atoms with Crippen LogP contribution in [0.3, 0.4) is 0 Å². The normalized spacial score (nSPS) is 23.2. The quantitative estimate of drug-likeness (QED) is 0.775. The van der Waals surface area contributed by atoms with Crippen LogP contribution in [-0.4, -0.2) is 60.3 Å². The summed E-state index contributed by atoms with van der Waals surface area (Å²) in [7, 11) is 2.18. The van der Waals surface area contributed by atoms with Crippen LogP contribution in [-0.2, 0) is 4.74 Å². The SMILES string of the molecule is Cc1cnc(C)c(N2CCOC3(CCN(C)CC3)C2)n1. The predicted molar refractivity (Wildman–Crippen MR) is 79.1 cm³/mol. The van der Waals surface area contributed by atoms with Crippen molar-refractivity contribution in [3.63, 3.8) is 0 Å². The maximum Gasteiger partial charge on any atom is 0.150 e. The van der Waals surface area contributed by atoms with Crippen molar-refractivity contribution < 1.29 is 4.74 Å². The molecule has 0 amide bonds. The maximum atomic E-state index is 6.16. The highest BCUT2D eigenvalue weighted by atomic mass is 16.5. The molecule has 2 saturated heterocycles. The zero-order chi connectivity index (χ0) is 14.2. The van der Waals surface area contributed by atoms with Gasteiger partial charge >= 0.3 is 0 Å². The molecule has 1 aromatic heterocycles. The molecule has 5 heteroatoms. The first-order valence-electron chi connectivity index (χ1n) is 7.46. The van der Waals surface area contributed by atoms with Crippen molar-refractivity contribution in [2.75, 3.05) is 44.7 Å². The summed E-state index contributed by atoms with van der Waals surface area (Å²) >= 11 is 0. The molecule has 1 spiro atoms. The van der Waals surface area contributed by atoms with Gasteiger partial charge in [-0.05, 0) is 33.7 Å². The molecule has 20 heavy (non-hydrogen) atoms. The monoisotopic (exact) mass is 276 g/mol. The van der Waals surface area contributed by atoms with Gasteiger partial charge in [0.05, 0.1) is 23.6 Å². The van der Waals surface area contributed by atoms with E-state index in [0.717, 1.165) is 62.8 Å². The molecule has 0 saturated carbocycles. The molecule has 0 unspecified atom stereocenters. The lowest BCUT2D eigenvalue weighted by Gasteiger charge is -2.47. The van der Waals surface area contributed by atoms with Crippen LogP contribution in [0, 0.1) is 13.8 Å². The number of hydrogen-bond donors (Lipinski definition) is 0. The molecular weight excluding hydrogens is 252 g/mol. The van der Waals surface area contributed by atoms with Gasteiger partial charge < -0.3 is 14.5 Å². The predicted octanol–water partition coefficient (Wildman–Crippen LogP) is 1.39. The smallest absolute Gasteiger partial charge is 0.150 e. The number of piperidine rings is 1. The van der Waals surface area contributed by atoms with Crippen LogP contribution in [0.25, 0.3) is 0 Å². The number of likely N-dealkylation sites (tertiary alicyclic amines) is 1. The minimum atomic E-state index is 0.0165. The summed E-state index contributed by atoms with van der Waals surface area (Å²) in [6, 6.07) is 0. The van der Waals surface area contributed by atoms with Crippen molar-refractivity contribution in [1.82, 2.24) is 14.9 Å². The Morgan fingerprint density at radius 1 is 1.20 bits per heavy atom. The maximum absolute atomic E-state index is 6.16. The Kier molecular flexibility index (Phi) is 3.65. The van der Waals surface area contributed by atoms with Crippen molar-refractivity contribution in [1.29, 1.82) is 0 Å². The molecule has 3 rings (SSSR count). The highest BCUT2D eigenvalue weighted by molar-refractivity contribution is 5.44. The van der Waals surface area contributed by atoms with E-state index in [1.807, 2.05) is 20.0 Å². The van der Waals surface area contributed by atoms with Crippen LogP contribution in [0.2, 0.25) is 0 Å². The van der Waals surface area contributed by atoms with Crippen LogP contribution in [0.4, 0.5) is 5.82 Å². The van der Waals surface area contributed by atoms with E-state index in [1.165, 1.54) is 0 Å². The van der Waals surface area contributed by atoms with E-state index in [-0.39, 0.29) is 5.60 Å². The number of anilines is 1. The van der Waals surface area contributed by atoms with Crippen LogP contribution >= 0.6 is 0 Å². The lowest BCUT2D eigenvalue weighted by Crippen LogP contribution is -2.56. The molecule has 0 aromatic carbocycles. The Labute approximate surface area is 121 Å². The van der Waals surface area contributed by atoms with E-state index in [0.29, 0.717) is 0 Å². The van der Waals surface area contributed by atoms with Gasteiger partial charge in [-0.25, -0.2) is 4.98 Å². The Balaban J connectivity index is 1.79. The number of aryl methyl sites for hydroxylation is 2. The fourth-order valence-electron chi connectivity index (χ4n) is 3.18. The molecule has 3 heterocycles. The number of nitrogens with zero attached hydrogens (tertiary/aromatic N) is 4. The molecule has 0 N–H and O–H groups in total. The van der Waals surface area contributed by atoms with Gasteiger partial charge in [-0.15, -0.1) is 0 Å². The van der Waals surface area contributed by atoms with Crippen LogP contribution in [0.15, 0.2) is 6.20 Å². The molecule has 2 aliphatic rings. The van der Waals surface area contributed by atoms with Gasteiger partial charge in [0, 0.05) is 32.4 Å². The van der Waals surface area contributed by atoms with Crippen molar-refractivity contribution >= 4 is 5.82 Å². The molecule has 0 atom stereocenters. The van der Waals surface area contributed by atoms with E-state index in [1.54, 1.807) is 0 Å². The zero-order valence-electron chi connectivity index (χ0n) is 12.7. The average Bonchev–Trinajstić information content (AvgIpc) is 2.45. The summed E-state index contributed by atoms with van der Waals surface area (Å²) in [6.45, 7) is 8.92. The van der Waals surface area contributed by atoms with Gasteiger partial charge in [-0.2, -0.15) is 0 Å². The Bertz CT molecular complexity index is 483. The van der Waals surface area contributed by atoms with E-state index in [9.17, 15) is 0 Å². The van der Waals surface area contributed by atoms with Crippen LogP contribution in [0.5, 0.6) is 0 Å². The third-order valence-corrected chi connectivity index (χ3v) is 4.50. The zero-order valence-corrected chi connectivity index (χ0v) is 12.7. The molecule has 5 nitrogen and oxygen atoms in total. The number of aromatic nitrogens is 2. The molecule has 0 radical (unpaired) electrons. The second-order valence-electron chi connectivity index (χ2n) is 6.18. The Morgan fingerprint density at radius 3 is 2.70 bits per heavy atom. The topological polar surface area (TPSA) is 41.5 Å². The first-order valence-corrected chi connectivity index (χ1v) is 7.46. The number of hydrogen-bond acceptors (Lipinski definition) is 5. The molecule has 1 aromatic rings. The van der Waals surface area contributed by atoms with E-state index < -0.39 is 0 Å². The highest BCUT2D eigenvalue weighted by Crippen LogP contribution is 2.31. The highest BCUT2D eigenvalue weighted by Gasteiger charge is 2.39. The summed E-state index contributed by atoms with van der Waals surface area (Å²) in [5.41, 5.74) is 2.01. The Hall–Kier alpha value is -1.20. The lowest BCUT2D eigenvalue weighted by molar-refractivity contribution is -0.0885. The molecule has 2 fully saturated rings. The minimum Gasteiger partial charge on any atom is -0.371 e. The largest absolute Gasteiger partial charge is 0.371 e. The standard InChI is InChI=1S/C15H24N4O/c1-12-10-16-13(2)14(17-12)19-8-9-20-15(11-19)4-6-18(3)7-5-15/h10H,4-9,11H2,1-3H3. The molecular formula is C15H24N4O. The van der Waals surface area contributed by atoms with Crippen LogP contribution in [0.1, 0.15) is 24.2 Å². The average molecular weight is 276 g/mol. The van der Waals surface area contributed by atoms with Crippen molar-refractivity contribution in [2.45, 2.75) is 32.3 Å². The fourth-order valence-corrected chi connectivity index (χ4v) is 3.18. The summed E-state index contributed by atoms with van der Waals surface area (Å²) in [5, 5.41) is 0. The second kappa shape index (κ2) is 5.30. The van der Waals surface area contributed by atoms with Gasteiger partial charge in [-0.3, -0.25) is 4.98 Å². The summed E-state index contributed by atoms with van der Waals surface area (Å²) in [5.74, 6) is 1.03. The first-order chi connectivity index (χ1) is 9.58. The fraction of sp³-hybridized carbons (Fsp3) is 0.733. The van der Waals surface area contributed by atoms with Gasteiger partial charge in [-0.1, -0.05) is 0 Å². The van der Waals surface area contributed by atoms with E-state index in [4.69, 9.17) is 4.74 Å². The third kappa shape index (κ3) is 2.65. The van der Waals surface area contributed by atoms with Gasteiger partial charge in [0.15, 0.2) is 5.82 Å². The van der Waals surface area contributed by atoms with Crippen molar-refractivity contribution in [3.05, 3.63) is 17.6 Å². The number of ether oxygens (including phenoxy) is 1. The Morgan fingerprint density at radius 2 is 1.95 bits per heavy atom. The summed E-state index contributed by atoms with van der Waals surface area (Å²) in [6.07, 6.45) is 4.06. The van der Waals surface area contributed by atoms with Gasteiger partial charge in [0.2, 0.25) is 0 Å². The first kappa shape index (κ1) is 13.8. The third-order valence-electron chi connectivity index (χ3n) is 4.50. The van der Waals surface area contributed by atoms with Gasteiger partial charge in [0.25, 0.3) is 0 Å². The van der Waals surface area contributed by atoms with Crippen LogP contribution < -0.4 is 4.90 Å². The second-order valence-corrected chi connectivity index (χ2v) is 6.18. The summed E-state index contributed by atoms with van der Waals surface area (Å²) < 4.78 is 6.16. The molecule has 0 bridgehead atoms. The minimum absolute atomic E-state index is 0.0165. The van der Waals surface area contributed by atoms with Crippen molar-refractivity contribution in [3.8, 4) is 0 Å². The molecule has 0 aliphatic carbocycles. The van der Waals surface area contributed by atoms with Crippen molar-refractivity contribution in [2.24, 2.45) is 0 Å². The molecule has 110 valence electrons. The molecule has 2 aliphatic heterocycles. The van der Waals surface area contributed by atoms with Gasteiger partial charge in [0.1, 0.15) is 0 Å². The number of morpholine rings is 1. The van der Waals surface area contributed by atoms with E-state index >= 15 is 0 Å². The lowest BCUT2D eigenvalue weighted by atomic mass is 9.89. The van der Waals surface area contributed by atoms with E-state index in [2.05, 4.69) is 26.8 Å². The summed E-state index contributed by atoms with van der Waals surface area (Å²) in [4.78, 5) is 13.9.